The Balaban J connectivity index is 1.42. The predicted octanol–water partition coefficient (Wildman–Crippen LogP) is 3.32. The number of benzene rings is 1. The third-order valence-corrected chi connectivity index (χ3v) is 6.30. The first kappa shape index (κ1) is 21.8. The molecule has 2 aliphatic heterocycles. The molecular formula is C21H26N2O4S2. The van der Waals surface area contributed by atoms with E-state index < -0.39 is 0 Å². The van der Waals surface area contributed by atoms with E-state index in [2.05, 4.69) is 0 Å². The Morgan fingerprint density at radius 2 is 1.93 bits per heavy atom. The van der Waals surface area contributed by atoms with Crippen LogP contribution in [0.4, 0.5) is 0 Å². The number of amides is 2. The van der Waals surface area contributed by atoms with Crippen molar-refractivity contribution in [3.63, 3.8) is 0 Å². The van der Waals surface area contributed by atoms with Crippen LogP contribution in [0.25, 0.3) is 6.08 Å². The maximum Gasteiger partial charge on any atom is 0.266 e. The van der Waals surface area contributed by atoms with Crippen LogP contribution >= 0.6 is 24.0 Å². The van der Waals surface area contributed by atoms with Crippen LogP contribution in [0, 0.1) is 0 Å². The van der Waals surface area contributed by atoms with E-state index >= 15 is 0 Å². The van der Waals surface area contributed by atoms with Crippen LogP contribution in [0.5, 0.6) is 5.75 Å². The molecule has 156 valence electrons. The second-order valence-electron chi connectivity index (χ2n) is 6.91. The van der Waals surface area contributed by atoms with Crippen LogP contribution in [-0.4, -0.2) is 65.9 Å². The molecule has 3 rings (SSSR count). The number of morpholine rings is 1. The van der Waals surface area contributed by atoms with Gasteiger partial charge >= 0.3 is 0 Å². The molecule has 0 N–H and O–H groups in total. The molecule has 2 saturated heterocycles. The molecule has 1 aromatic carbocycles. The zero-order chi connectivity index (χ0) is 20.6. The van der Waals surface area contributed by atoms with Crippen LogP contribution in [-0.2, 0) is 14.3 Å². The second kappa shape index (κ2) is 10.8. The van der Waals surface area contributed by atoms with E-state index in [0.717, 1.165) is 30.6 Å². The van der Waals surface area contributed by atoms with Gasteiger partial charge in [-0.15, -0.1) is 0 Å². The van der Waals surface area contributed by atoms with Crippen LogP contribution in [0.15, 0.2) is 29.2 Å². The summed E-state index contributed by atoms with van der Waals surface area (Å²) in [6, 6.07) is 7.56. The number of nitrogens with zero attached hydrogens (tertiary/aromatic N) is 2. The van der Waals surface area contributed by atoms with E-state index in [9.17, 15) is 9.59 Å². The number of rotatable bonds is 8. The van der Waals surface area contributed by atoms with Crippen LogP contribution in [0.1, 0.15) is 31.2 Å². The number of carbonyl (C=O) groups excluding carboxylic acids is 2. The summed E-state index contributed by atoms with van der Waals surface area (Å²) >= 11 is 6.73. The van der Waals surface area contributed by atoms with Gasteiger partial charge in [-0.2, -0.15) is 0 Å². The van der Waals surface area contributed by atoms with Crippen molar-refractivity contribution in [3.05, 3.63) is 34.7 Å². The van der Waals surface area contributed by atoms with E-state index in [1.54, 1.807) is 12.0 Å². The van der Waals surface area contributed by atoms with Crippen LogP contribution in [0.2, 0.25) is 0 Å². The minimum absolute atomic E-state index is 0.0415. The summed E-state index contributed by atoms with van der Waals surface area (Å²) in [5.41, 5.74) is 0.938. The van der Waals surface area contributed by atoms with E-state index in [1.165, 1.54) is 11.8 Å². The van der Waals surface area contributed by atoms with E-state index in [-0.39, 0.29) is 11.8 Å². The molecular weight excluding hydrogens is 408 g/mol. The van der Waals surface area contributed by atoms with Gasteiger partial charge in [0.05, 0.1) is 25.2 Å². The Bertz CT molecular complexity index is 773. The highest BCUT2D eigenvalue weighted by molar-refractivity contribution is 8.26. The SMILES string of the molecule is COc1ccc(/C=C2\SC(=S)N(CCCCCC(=O)N3CCOCC3)C2=O)cc1. The van der Waals surface area contributed by atoms with Gasteiger partial charge in [-0.05, 0) is 36.6 Å². The highest BCUT2D eigenvalue weighted by Gasteiger charge is 2.31. The minimum atomic E-state index is -0.0415. The maximum absolute atomic E-state index is 12.7. The summed E-state index contributed by atoms with van der Waals surface area (Å²) in [6.45, 7) is 3.23. The predicted molar refractivity (Wildman–Crippen MR) is 119 cm³/mol. The summed E-state index contributed by atoms with van der Waals surface area (Å²) < 4.78 is 11.0. The number of hydrogen-bond donors (Lipinski definition) is 0. The first-order valence-electron chi connectivity index (χ1n) is 9.83. The highest BCUT2D eigenvalue weighted by atomic mass is 32.2. The van der Waals surface area contributed by atoms with Crippen LogP contribution in [0.3, 0.4) is 0 Å². The van der Waals surface area contributed by atoms with Gasteiger partial charge in [0.1, 0.15) is 10.1 Å². The Morgan fingerprint density at radius 3 is 2.62 bits per heavy atom. The molecule has 2 aliphatic rings. The van der Waals surface area contributed by atoms with E-state index in [0.29, 0.717) is 48.5 Å². The molecule has 2 fully saturated rings. The van der Waals surface area contributed by atoms with E-state index in [4.69, 9.17) is 21.7 Å². The normalized spacial score (nSPS) is 18.6. The maximum atomic E-state index is 12.7. The lowest BCUT2D eigenvalue weighted by molar-refractivity contribution is -0.135. The summed E-state index contributed by atoms with van der Waals surface area (Å²) in [6.07, 6.45) is 4.96. The monoisotopic (exact) mass is 434 g/mol. The molecule has 0 aromatic heterocycles. The van der Waals surface area contributed by atoms with Crippen molar-refractivity contribution < 1.29 is 19.1 Å². The number of carbonyl (C=O) groups is 2. The molecule has 0 bridgehead atoms. The minimum Gasteiger partial charge on any atom is -0.497 e. The molecule has 0 saturated carbocycles. The molecule has 0 atom stereocenters. The molecule has 29 heavy (non-hydrogen) atoms. The van der Waals surface area contributed by atoms with Crippen molar-refractivity contribution in [2.45, 2.75) is 25.7 Å². The van der Waals surface area contributed by atoms with Gasteiger partial charge in [-0.25, -0.2) is 0 Å². The van der Waals surface area contributed by atoms with Gasteiger partial charge in [-0.1, -0.05) is 42.5 Å². The zero-order valence-corrected chi connectivity index (χ0v) is 18.2. The average Bonchev–Trinajstić information content (AvgIpc) is 3.01. The van der Waals surface area contributed by atoms with Gasteiger partial charge in [0.25, 0.3) is 5.91 Å². The Morgan fingerprint density at radius 1 is 1.21 bits per heavy atom. The molecule has 0 unspecified atom stereocenters. The fourth-order valence-corrected chi connectivity index (χ4v) is 4.55. The highest BCUT2D eigenvalue weighted by Crippen LogP contribution is 2.33. The van der Waals surface area contributed by atoms with Crippen molar-refractivity contribution in [3.8, 4) is 5.75 Å². The molecule has 0 radical (unpaired) electrons. The Labute approximate surface area is 181 Å². The second-order valence-corrected chi connectivity index (χ2v) is 8.59. The smallest absolute Gasteiger partial charge is 0.266 e. The molecule has 2 heterocycles. The fraction of sp³-hybridized carbons (Fsp3) is 0.476. The van der Waals surface area contributed by atoms with Crippen molar-refractivity contribution >= 4 is 46.2 Å². The van der Waals surface area contributed by atoms with Gasteiger partial charge in [0.2, 0.25) is 5.91 Å². The average molecular weight is 435 g/mol. The largest absolute Gasteiger partial charge is 0.497 e. The van der Waals surface area contributed by atoms with Crippen molar-refractivity contribution in [2.75, 3.05) is 40.0 Å². The van der Waals surface area contributed by atoms with Gasteiger partial charge < -0.3 is 14.4 Å². The molecule has 8 heteroatoms. The zero-order valence-electron chi connectivity index (χ0n) is 16.6. The van der Waals surface area contributed by atoms with Gasteiger partial charge in [-0.3, -0.25) is 14.5 Å². The first-order valence-corrected chi connectivity index (χ1v) is 11.1. The molecule has 1 aromatic rings. The van der Waals surface area contributed by atoms with E-state index in [1.807, 2.05) is 35.2 Å². The standard InChI is InChI=1S/C21H26N2O4S2/c1-26-17-8-6-16(7-9-17)15-18-20(25)23(21(28)29-18)10-4-2-3-5-19(24)22-11-13-27-14-12-22/h6-9,15H,2-5,10-14H2,1H3/b18-15-. The third-order valence-electron chi connectivity index (χ3n) is 4.92. The lowest BCUT2D eigenvalue weighted by Gasteiger charge is -2.26. The quantitative estimate of drug-likeness (QED) is 0.355. The molecule has 0 aliphatic carbocycles. The van der Waals surface area contributed by atoms with Gasteiger partial charge in [0, 0.05) is 26.1 Å². The van der Waals surface area contributed by atoms with Crippen LogP contribution < -0.4 is 4.74 Å². The summed E-state index contributed by atoms with van der Waals surface area (Å²) in [5, 5.41) is 0. The molecule has 2 amide bonds. The summed E-state index contributed by atoms with van der Waals surface area (Å²) in [4.78, 5) is 29.0. The van der Waals surface area contributed by atoms with Crippen molar-refractivity contribution in [1.29, 1.82) is 0 Å². The Kier molecular flexibility index (Phi) is 8.09. The topological polar surface area (TPSA) is 59.1 Å². The number of thioether (sulfide) groups is 1. The Hall–Kier alpha value is -1.90. The lowest BCUT2D eigenvalue weighted by atomic mass is 10.1. The third kappa shape index (κ3) is 6.04. The molecule has 6 nitrogen and oxygen atoms in total. The first-order chi connectivity index (χ1) is 14.1. The number of unbranched alkanes of at least 4 members (excludes halogenated alkanes) is 2. The van der Waals surface area contributed by atoms with Gasteiger partial charge in [0.15, 0.2) is 0 Å². The fourth-order valence-electron chi connectivity index (χ4n) is 3.24. The summed E-state index contributed by atoms with van der Waals surface area (Å²) in [7, 11) is 1.62. The van der Waals surface area contributed by atoms with Crippen molar-refractivity contribution in [2.24, 2.45) is 0 Å². The number of thiocarbonyl (C=S) groups is 1. The number of methoxy groups -OCH3 is 1. The number of hydrogen-bond acceptors (Lipinski definition) is 6. The molecule has 0 spiro atoms. The lowest BCUT2D eigenvalue weighted by Crippen LogP contribution is -2.40. The van der Waals surface area contributed by atoms with Crippen molar-refractivity contribution in [1.82, 2.24) is 9.80 Å². The number of ether oxygens (including phenoxy) is 2. The summed E-state index contributed by atoms with van der Waals surface area (Å²) in [5.74, 6) is 0.934.